The molecular formula is C26H25N5O3S. The normalized spacial score (nSPS) is 10.5. The molecule has 4 aromatic rings. The highest BCUT2D eigenvalue weighted by Crippen LogP contribution is 2.30. The number of para-hydroxylation sites is 1. The summed E-state index contributed by atoms with van der Waals surface area (Å²) in [5, 5.41) is 9.36. The number of aromatic nitrogens is 3. The number of hydrazine groups is 1. The molecule has 3 aromatic carbocycles. The molecular weight excluding hydrogens is 462 g/mol. The van der Waals surface area contributed by atoms with Crippen LogP contribution in [0, 0.1) is 0 Å². The maximum absolute atomic E-state index is 12.6. The van der Waals surface area contributed by atoms with Crippen molar-refractivity contribution in [3.8, 4) is 28.6 Å². The molecule has 1 aromatic heterocycles. The van der Waals surface area contributed by atoms with Gasteiger partial charge in [0.05, 0.1) is 25.7 Å². The fourth-order valence-electron chi connectivity index (χ4n) is 3.35. The van der Waals surface area contributed by atoms with E-state index in [1.54, 1.807) is 26.4 Å². The number of hydrogen-bond donors (Lipinski definition) is 2. The van der Waals surface area contributed by atoms with Crippen LogP contribution in [0.4, 0.5) is 0 Å². The summed E-state index contributed by atoms with van der Waals surface area (Å²) in [5.74, 6) is 1.79. The van der Waals surface area contributed by atoms with Gasteiger partial charge in [-0.05, 0) is 30.3 Å². The van der Waals surface area contributed by atoms with Gasteiger partial charge in [-0.3, -0.25) is 20.2 Å². The zero-order valence-corrected chi connectivity index (χ0v) is 20.2. The molecule has 0 aliphatic heterocycles. The van der Waals surface area contributed by atoms with Gasteiger partial charge in [0.1, 0.15) is 0 Å². The van der Waals surface area contributed by atoms with E-state index in [0.717, 1.165) is 16.8 Å². The number of benzene rings is 3. The smallest absolute Gasteiger partial charge is 0.248 e. The highest BCUT2D eigenvalue weighted by Gasteiger charge is 2.17. The van der Waals surface area contributed by atoms with Crippen LogP contribution in [0.2, 0.25) is 0 Å². The fraction of sp³-hybridized carbons (Fsp3) is 0.115. The van der Waals surface area contributed by atoms with E-state index < -0.39 is 0 Å². The minimum absolute atomic E-state index is 0.131. The third-order valence-corrected chi connectivity index (χ3v) is 6.03. The highest BCUT2D eigenvalue weighted by atomic mass is 32.2. The molecule has 1 amide bonds. The van der Waals surface area contributed by atoms with Gasteiger partial charge < -0.3 is 9.47 Å². The van der Waals surface area contributed by atoms with E-state index in [1.807, 2.05) is 71.3 Å². The number of methoxy groups -OCH3 is 2. The van der Waals surface area contributed by atoms with Crippen LogP contribution in [0.3, 0.4) is 0 Å². The lowest BCUT2D eigenvalue weighted by molar-refractivity contribution is -0.119. The molecule has 0 bridgehead atoms. The third kappa shape index (κ3) is 5.64. The summed E-state index contributed by atoms with van der Waals surface area (Å²) >= 11 is 1.30. The van der Waals surface area contributed by atoms with Crippen LogP contribution in [-0.4, -0.2) is 40.6 Å². The molecule has 9 heteroatoms. The van der Waals surface area contributed by atoms with E-state index in [-0.39, 0.29) is 11.7 Å². The van der Waals surface area contributed by atoms with Crippen molar-refractivity contribution >= 4 is 23.4 Å². The van der Waals surface area contributed by atoms with E-state index >= 15 is 0 Å². The van der Waals surface area contributed by atoms with Gasteiger partial charge in [0.2, 0.25) is 5.91 Å². The number of amides is 1. The van der Waals surface area contributed by atoms with Crippen molar-refractivity contribution < 1.29 is 14.3 Å². The number of thioether (sulfide) groups is 1. The standard InChI is InChI=1S/C26H25N5O3S/c1-18(20-14-15-22(33-2)23(16-20)34-3)27-28-24(32)17-35-26-30-29-25(19-10-6-4-7-11-19)31(26)21-12-8-5-9-13-21/h4-16,27H,1,17H2,2-3H3,(H,28,32). The van der Waals surface area contributed by atoms with Crippen molar-refractivity contribution in [3.05, 3.63) is 91.0 Å². The van der Waals surface area contributed by atoms with Gasteiger partial charge in [0.25, 0.3) is 0 Å². The van der Waals surface area contributed by atoms with Gasteiger partial charge >= 0.3 is 0 Å². The van der Waals surface area contributed by atoms with Crippen molar-refractivity contribution in [2.24, 2.45) is 0 Å². The van der Waals surface area contributed by atoms with Crippen LogP contribution in [0.5, 0.6) is 11.5 Å². The molecule has 8 nitrogen and oxygen atoms in total. The Morgan fingerprint density at radius 1 is 0.914 bits per heavy atom. The molecule has 0 fully saturated rings. The first-order valence-corrected chi connectivity index (χ1v) is 11.7. The molecule has 178 valence electrons. The first kappa shape index (κ1) is 23.9. The number of rotatable bonds is 10. The molecule has 2 N–H and O–H groups in total. The summed E-state index contributed by atoms with van der Waals surface area (Å²) in [4.78, 5) is 12.6. The van der Waals surface area contributed by atoms with Crippen LogP contribution in [0.25, 0.3) is 22.8 Å². The van der Waals surface area contributed by atoms with E-state index in [1.165, 1.54) is 11.8 Å². The number of ether oxygens (including phenoxy) is 2. The summed E-state index contributed by atoms with van der Waals surface area (Å²) in [5.41, 5.74) is 8.66. The Morgan fingerprint density at radius 3 is 2.29 bits per heavy atom. The minimum Gasteiger partial charge on any atom is -0.493 e. The predicted octanol–water partition coefficient (Wildman–Crippen LogP) is 4.34. The lowest BCUT2D eigenvalue weighted by Crippen LogP contribution is -2.37. The van der Waals surface area contributed by atoms with E-state index in [4.69, 9.17) is 9.47 Å². The van der Waals surface area contributed by atoms with Gasteiger partial charge in [-0.25, -0.2) is 0 Å². The quantitative estimate of drug-likeness (QED) is 0.254. The lowest BCUT2D eigenvalue weighted by Gasteiger charge is -2.14. The molecule has 1 heterocycles. The third-order valence-electron chi connectivity index (χ3n) is 5.10. The molecule has 0 spiro atoms. The average Bonchev–Trinajstić information content (AvgIpc) is 3.35. The summed E-state index contributed by atoms with van der Waals surface area (Å²) in [6.45, 7) is 3.98. The largest absolute Gasteiger partial charge is 0.493 e. The van der Waals surface area contributed by atoms with Crippen molar-refractivity contribution in [2.45, 2.75) is 5.16 Å². The van der Waals surface area contributed by atoms with Crippen molar-refractivity contribution in [3.63, 3.8) is 0 Å². The summed E-state index contributed by atoms with van der Waals surface area (Å²) in [6, 6.07) is 25.0. The zero-order chi connectivity index (χ0) is 24.6. The maximum atomic E-state index is 12.6. The second-order valence-corrected chi connectivity index (χ2v) is 8.30. The number of carbonyl (C=O) groups is 1. The zero-order valence-electron chi connectivity index (χ0n) is 19.4. The molecule has 0 saturated heterocycles. The van der Waals surface area contributed by atoms with Crippen LogP contribution in [0.15, 0.2) is 90.6 Å². The SMILES string of the molecule is C=C(NNC(=O)CSc1nnc(-c2ccccc2)n1-c1ccccc1)c1ccc(OC)c(OC)c1. The fourth-order valence-corrected chi connectivity index (χ4v) is 4.11. The molecule has 0 radical (unpaired) electrons. The second-order valence-electron chi connectivity index (χ2n) is 7.35. The molecule has 0 saturated carbocycles. The van der Waals surface area contributed by atoms with Crippen molar-refractivity contribution in [2.75, 3.05) is 20.0 Å². The Labute approximate surface area is 208 Å². The Hall–Kier alpha value is -4.24. The first-order chi connectivity index (χ1) is 17.1. The Morgan fingerprint density at radius 2 is 1.60 bits per heavy atom. The highest BCUT2D eigenvalue weighted by molar-refractivity contribution is 7.99. The van der Waals surface area contributed by atoms with Crippen LogP contribution in [0.1, 0.15) is 5.56 Å². The van der Waals surface area contributed by atoms with E-state index in [9.17, 15) is 4.79 Å². The summed E-state index contributed by atoms with van der Waals surface area (Å²) < 4.78 is 12.5. The second kappa shape index (κ2) is 11.3. The number of nitrogens with one attached hydrogen (secondary N) is 2. The van der Waals surface area contributed by atoms with Crippen LogP contribution < -0.4 is 20.3 Å². The van der Waals surface area contributed by atoms with Crippen LogP contribution >= 0.6 is 11.8 Å². The van der Waals surface area contributed by atoms with E-state index in [2.05, 4.69) is 27.6 Å². The molecule has 0 aliphatic rings. The van der Waals surface area contributed by atoms with Gasteiger partial charge in [-0.15, -0.1) is 10.2 Å². The Bertz CT molecular complexity index is 1310. The van der Waals surface area contributed by atoms with Gasteiger partial charge in [-0.2, -0.15) is 0 Å². The van der Waals surface area contributed by atoms with Gasteiger partial charge in [-0.1, -0.05) is 66.9 Å². The number of carbonyl (C=O) groups excluding carboxylic acids is 1. The lowest BCUT2D eigenvalue weighted by atomic mass is 10.1. The Kier molecular flexibility index (Phi) is 7.69. The maximum Gasteiger partial charge on any atom is 0.248 e. The van der Waals surface area contributed by atoms with Crippen molar-refractivity contribution in [1.29, 1.82) is 0 Å². The average molecular weight is 488 g/mol. The molecule has 0 unspecified atom stereocenters. The first-order valence-electron chi connectivity index (χ1n) is 10.8. The van der Waals surface area contributed by atoms with E-state index in [0.29, 0.717) is 28.2 Å². The molecule has 35 heavy (non-hydrogen) atoms. The topological polar surface area (TPSA) is 90.3 Å². The van der Waals surface area contributed by atoms with Crippen LogP contribution in [-0.2, 0) is 4.79 Å². The summed E-state index contributed by atoms with van der Waals surface area (Å²) in [6.07, 6.45) is 0. The monoisotopic (exact) mass is 487 g/mol. The summed E-state index contributed by atoms with van der Waals surface area (Å²) in [7, 11) is 3.14. The van der Waals surface area contributed by atoms with Gasteiger partial charge in [0.15, 0.2) is 22.5 Å². The molecule has 0 atom stereocenters. The molecule has 0 aliphatic carbocycles. The molecule has 4 rings (SSSR count). The minimum atomic E-state index is -0.236. The van der Waals surface area contributed by atoms with Crippen molar-refractivity contribution in [1.82, 2.24) is 25.6 Å². The predicted molar refractivity (Wildman–Crippen MR) is 137 cm³/mol. The van der Waals surface area contributed by atoms with Gasteiger partial charge in [0, 0.05) is 16.8 Å². The number of hydrogen-bond acceptors (Lipinski definition) is 7. The number of nitrogens with zero attached hydrogens (tertiary/aromatic N) is 3. The Balaban J connectivity index is 1.43.